The van der Waals surface area contributed by atoms with E-state index in [0.717, 1.165) is 23.3 Å². The number of fused-ring (bicyclic) bond motifs is 1. The summed E-state index contributed by atoms with van der Waals surface area (Å²) in [7, 11) is -2.36. The van der Waals surface area contributed by atoms with E-state index in [1.807, 2.05) is 6.92 Å². The Morgan fingerprint density at radius 2 is 1.89 bits per heavy atom. The molecule has 2 aliphatic rings. The Morgan fingerprint density at radius 1 is 1.16 bits per heavy atom. The monoisotopic (exact) mass is 549 g/mol. The third-order valence-electron chi connectivity index (χ3n) is 6.57. The molecule has 1 N–H and O–H groups in total. The summed E-state index contributed by atoms with van der Waals surface area (Å²) in [5, 5.41) is 3.11. The van der Waals surface area contributed by atoms with Crippen LogP contribution >= 0.6 is 11.3 Å². The van der Waals surface area contributed by atoms with Gasteiger partial charge in [-0.25, -0.2) is 18.0 Å². The fourth-order valence-corrected chi connectivity index (χ4v) is 7.49. The number of thiophene rings is 1. The maximum atomic E-state index is 13.1. The standard InChI is InChI=1S/C25H31N3O7S2/c1-4-35-25(31)27-13-11-19-20(15-27)36-23(21(19)24(30)34-3)26-22(29)17-7-9-18(10-8-17)37(32,33)28-12-5-6-16(2)14-28/h7-10,16H,4-6,11-15H2,1-3H3,(H,26,29)/t16-/m0/s1. The number of esters is 1. The topological polar surface area (TPSA) is 122 Å². The van der Waals surface area contributed by atoms with Crippen LogP contribution in [0, 0.1) is 5.92 Å². The molecule has 0 radical (unpaired) electrons. The van der Waals surface area contributed by atoms with Gasteiger partial charge in [0.1, 0.15) is 5.00 Å². The molecule has 200 valence electrons. The summed E-state index contributed by atoms with van der Waals surface area (Å²) in [5.74, 6) is -0.755. The van der Waals surface area contributed by atoms with Gasteiger partial charge in [-0.2, -0.15) is 4.31 Å². The average molecular weight is 550 g/mol. The summed E-state index contributed by atoms with van der Waals surface area (Å²) in [6.07, 6.45) is 1.82. The molecule has 1 atom stereocenters. The molecule has 12 heteroatoms. The highest BCUT2D eigenvalue weighted by Gasteiger charge is 2.32. The van der Waals surface area contributed by atoms with Gasteiger partial charge in [0.25, 0.3) is 5.91 Å². The van der Waals surface area contributed by atoms with E-state index in [1.54, 1.807) is 11.8 Å². The Bertz CT molecular complexity index is 1290. The predicted molar refractivity (Wildman–Crippen MR) is 138 cm³/mol. The van der Waals surface area contributed by atoms with Crippen LogP contribution in [0.25, 0.3) is 0 Å². The van der Waals surface area contributed by atoms with E-state index in [0.29, 0.717) is 37.0 Å². The maximum absolute atomic E-state index is 13.1. The Morgan fingerprint density at radius 3 is 2.54 bits per heavy atom. The molecule has 2 aliphatic heterocycles. The van der Waals surface area contributed by atoms with Crippen LogP contribution < -0.4 is 5.32 Å². The molecule has 0 aliphatic carbocycles. The van der Waals surface area contributed by atoms with Crippen LogP contribution in [0.4, 0.5) is 9.80 Å². The van der Waals surface area contributed by atoms with Gasteiger partial charge in [0.2, 0.25) is 10.0 Å². The molecule has 1 fully saturated rings. The Labute approximate surface area is 220 Å². The van der Waals surface area contributed by atoms with Crippen LogP contribution in [-0.2, 0) is 32.5 Å². The third kappa shape index (κ3) is 5.65. The highest BCUT2D eigenvalue weighted by atomic mass is 32.2. The van der Waals surface area contributed by atoms with Crippen molar-refractivity contribution < 1.29 is 32.3 Å². The lowest BCUT2D eigenvalue weighted by Gasteiger charge is -2.30. The second-order valence-electron chi connectivity index (χ2n) is 9.16. The first kappa shape index (κ1) is 27.1. The number of piperidine rings is 1. The van der Waals surface area contributed by atoms with Crippen LogP contribution in [-0.4, -0.2) is 68.9 Å². The molecule has 37 heavy (non-hydrogen) atoms. The summed E-state index contributed by atoms with van der Waals surface area (Å²) >= 11 is 1.21. The fourth-order valence-electron chi connectivity index (χ4n) is 4.65. The normalized spacial score (nSPS) is 18.1. The van der Waals surface area contributed by atoms with E-state index in [9.17, 15) is 22.8 Å². The molecule has 3 heterocycles. The first-order valence-electron chi connectivity index (χ1n) is 12.2. The average Bonchev–Trinajstić information content (AvgIpc) is 3.25. The summed E-state index contributed by atoms with van der Waals surface area (Å²) in [6.45, 7) is 5.65. The first-order valence-corrected chi connectivity index (χ1v) is 14.5. The van der Waals surface area contributed by atoms with Crippen molar-refractivity contribution in [1.29, 1.82) is 0 Å². The number of nitrogens with one attached hydrogen (secondary N) is 1. The van der Waals surface area contributed by atoms with Crippen molar-refractivity contribution >= 4 is 44.3 Å². The van der Waals surface area contributed by atoms with Crippen molar-refractivity contribution in [2.45, 2.75) is 44.6 Å². The molecule has 1 aromatic carbocycles. The molecule has 0 spiro atoms. The van der Waals surface area contributed by atoms with Gasteiger partial charge in [0.15, 0.2) is 0 Å². The lowest BCUT2D eigenvalue weighted by molar-refractivity contribution is 0.0600. The van der Waals surface area contributed by atoms with Crippen LogP contribution in [0.2, 0.25) is 0 Å². The smallest absolute Gasteiger partial charge is 0.410 e. The first-order chi connectivity index (χ1) is 17.6. The number of methoxy groups -OCH3 is 1. The molecular formula is C25H31N3O7S2. The lowest BCUT2D eigenvalue weighted by Crippen LogP contribution is -2.39. The molecule has 0 saturated carbocycles. The minimum absolute atomic E-state index is 0.138. The van der Waals surface area contributed by atoms with Crippen molar-refractivity contribution in [2.24, 2.45) is 5.92 Å². The minimum atomic E-state index is -3.64. The van der Waals surface area contributed by atoms with Crippen LogP contribution in [0.5, 0.6) is 0 Å². The number of rotatable bonds is 6. The van der Waals surface area contributed by atoms with Gasteiger partial charge in [-0.05, 0) is 61.9 Å². The highest BCUT2D eigenvalue weighted by Crippen LogP contribution is 2.38. The maximum Gasteiger partial charge on any atom is 0.410 e. The zero-order valence-electron chi connectivity index (χ0n) is 21.1. The summed E-state index contributed by atoms with van der Waals surface area (Å²) < 4.78 is 37.6. The summed E-state index contributed by atoms with van der Waals surface area (Å²) in [5.41, 5.74) is 1.27. The van der Waals surface area contributed by atoms with Gasteiger partial charge in [0.05, 0.1) is 30.7 Å². The van der Waals surface area contributed by atoms with E-state index >= 15 is 0 Å². The number of sulfonamides is 1. The molecular weight excluding hydrogens is 518 g/mol. The molecule has 0 unspecified atom stereocenters. The van der Waals surface area contributed by atoms with Gasteiger partial charge in [-0.15, -0.1) is 11.3 Å². The third-order valence-corrected chi connectivity index (χ3v) is 9.59. The second-order valence-corrected chi connectivity index (χ2v) is 12.2. The number of nitrogens with zero attached hydrogens (tertiary/aromatic N) is 2. The van der Waals surface area contributed by atoms with Gasteiger partial charge in [-0.3, -0.25) is 4.79 Å². The molecule has 2 aromatic rings. The quantitative estimate of drug-likeness (QED) is 0.545. The van der Waals surface area contributed by atoms with E-state index < -0.39 is 28.0 Å². The SMILES string of the molecule is CCOC(=O)N1CCc2c(sc(NC(=O)c3ccc(S(=O)(=O)N4CCC[C@H](C)C4)cc3)c2C(=O)OC)C1. The van der Waals surface area contributed by atoms with Crippen molar-refractivity contribution in [3.63, 3.8) is 0 Å². The number of amides is 2. The van der Waals surface area contributed by atoms with Gasteiger partial charge in [0, 0.05) is 30.1 Å². The van der Waals surface area contributed by atoms with E-state index in [-0.39, 0.29) is 29.2 Å². The number of benzene rings is 1. The largest absolute Gasteiger partial charge is 0.465 e. The Kier molecular flexibility index (Phi) is 8.20. The predicted octanol–water partition coefficient (Wildman–Crippen LogP) is 3.72. The number of hydrogen-bond acceptors (Lipinski definition) is 8. The molecule has 4 rings (SSSR count). The van der Waals surface area contributed by atoms with E-state index in [2.05, 4.69) is 5.32 Å². The minimum Gasteiger partial charge on any atom is -0.465 e. The number of carbonyl (C=O) groups is 3. The highest BCUT2D eigenvalue weighted by molar-refractivity contribution is 7.89. The summed E-state index contributed by atoms with van der Waals surface area (Å²) in [4.78, 5) is 40.3. The molecule has 1 saturated heterocycles. The van der Waals surface area contributed by atoms with Crippen molar-refractivity contribution in [3.8, 4) is 0 Å². The Balaban J connectivity index is 1.54. The van der Waals surface area contributed by atoms with E-state index in [4.69, 9.17) is 9.47 Å². The number of ether oxygens (including phenoxy) is 2. The van der Waals surface area contributed by atoms with Crippen molar-refractivity contribution in [1.82, 2.24) is 9.21 Å². The summed E-state index contributed by atoms with van der Waals surface area (Å²) in [6, 6.07) is 5.79. The number of anilines is 1. The number of hydrogen-bond donors (Lipinski definition) is 1. The molecule has 1 aromatic heterocycles. The van der Waals surface area contributed by atoms with Crippen molar-refractivity contribution in [3.05, 3.63) is 45.8 Å². The van der Waals surface area contributed by atoms with Gasteiger partial charge >= 0.3 is 12.1 Å². The molecule has 2 amide bonds. The van der Waals surface area contributed by atoms with Crippen LogP contribution in [0.3, 0.4) is 0 Å². The number of carbonyl (C=O) groups excluding carboxylic acids is 3. The Hall–Kier alpha value is -2.96. The second kappa shape index (κ2) is 11.2. The lowest BCUT2D eigenvalue weighted by atomic mass is 10.0. The van der Waals surface area contributed by atoms with Gasteiger partial charge < -0.3 is 19.7 Å². The van der Waals surface area contributed by atoms with Crippen LogP contribution in [0.1, 0.15) is 57.8 Å². The fraction of sp³-hybridized carbons (Fsp3) is 0.480. The van der Waals surface area contributed by atoms with Gasteiger partial charge in [-0.1, -0.05) is 6.92 Å². The van der Waals surface area contributed by atoms with Crippen LogP contribution in [0.15, 0.2) is 29.2 Å². The molecule has 10 nitrogen and oxygen atoms in total. The zero-order valence-corrected chi connectivity index (χ0v) is 22.7. The van der Waals surface area contributed by atoms with Crippen molar-refractivity contribution in [2.75, 3.05) is 38.7 Å². The molecule has 0 bridgehead atoms. The zero-order chi connectivity index (χ0) is 26.7. The van der Waals surface area contributed by atoms with E-state index in [1.165, 1.54) is 47.0 Å².